The number of amides is 1. The van der Waals surface area contributed by atoms with E-state index >= 15 is 0 Å². The minimum Gasteiger partial charge on any atom is -0.338 e. The third kappa shape index (κ3) is 2.22. The van der Waals surface area contributed by atoms with Crippen molar-refractivity contribution in [1.82, 2.24) is 10.2 Å². The van der Waals surface area contributed by atoms with Crippen LogP contribution >= 0.6 is 0 Å². The van der Waals surface area contributed by atoms with E-state index in [2.05, 4.69) is 10.2 Å². The van der Waals surface area contributed by atoms with Crippen LogP contribution in [0.5, 0.6) is 0 Å². The molecule has 0 aromatic carbocycles. The van der Waals surface area contributed by atoms with Crippen LogP contribution in [0.3, 0.4) is 0 Å². The van der Waals surface area contributed by atoms with Crippen LogP contribution in [0, 0.1) is 5.92 Å². The van der Waals surface area contributed by atoms with E-state index < -0.39 is 0 Å². The molecular weight excluding hydrogens is 212 g/mol. The number of likely N-dealkylation sites (tertiary alicyclic amines) is 1. The fourth-order valence-electron chi connectivity index (χ4n) is 3.99. The van der Waals surface area contributed by atoms with Crippen molar-refractivity contribution in [3.8, 4) is 0 Å². The number of carbonyl (C=O) groups is 1. The summed E-state index contributed by atoms with van der Waals surface area (Å²) >= 11 is 0. The first-order valence-electron chi connectivity index (χ1n) is 7.40. The van der Waals surface area contributed by atoms with Gasteiger partial charge in [0.05, 0.1) is 6.04 Å². The molecule has 2 atom stereocenters. The maximum atomic E-state index is 12.5. The minimum atomic E-state index is 0.136. The standard InChI is InChI=1S/C14H24N2O/c17-14(12-7-3-9-15-12)16-10-4-8-13(16)11-5-1-2-6-11/h11-13,15H,1-10H2. The molecule has 3 aliphatic rings. The molecule has 1 saturated carbocycles. The van der Waals surface area contributed by atoms with Gasteiger partial charge in [-0.15, -0.1) is 0 Å². The van der Waals surface area contributed by atoms with Crippen molar-refractivity contribution < 1.29 is 4.79 Å². The lowest BCUT2D eigenvalue weighted by Crippen LogP contribution is -2.47. The predicted molar refractivity (Wildman–Crippen MR) is 67.7 cm³/mol. The molecule has 2 aliphatic heterocycles. The van der Waals surface area contributed by atoms with E-state index in [9.17, 15) is 4.79 Å². The van der Waals surface area contributed by atoms with E-state index in [1.807, 2.05) is 0 Å². The van der Waals surface area contributed by atoms with Gasteiger partial charge in [-0.05, 0) is 51.0 Å². The van der Waals surface area contributed by atoms with Gasteiger partial charge in [0.25, 0.3) is 0 Å². The highest BCUT2D eigenvalue weighted by molar-refractivity contribution is 5.82. The van der Waals surface area contributed by atoms with Gasteiger partial charge >= 0.3 is 0 Å². The van der Waals surface area contributed by atoms with Gasteiger partial charge in [-0.2, -0.15) is 0 Å². The minimum absolute atomic E-state index is 0.136. The third-order valence-electron chi connectivity index (χ3n) is 4.88. The van der Waals surface area contributed by atoms with Gasteiger partial charge in [0.1, 0.15) is 0 Å². The summed E-state index contributed by atoms with van der Waals surface area (Å²) in [4.78, 5) is 14.7. The summed E-state index contributed by atoms with van der Waals surface area (Å²) in [5, 5.41) is 3.35. The zero-order valence-corrected chi connectivity index (χ0v) is 10.7. The molecule has 3 heteroatoms. The summed E-state index contributed by atoms with van der Waals surface area (Å²) in [7, 11) is 0. The normalized spacial score (nSPS) is 34.7. The number of hydrogen-bond acceptors (Lipinski definition) is 2. The van der Waals surface area contributed by atoms with Crippen LogP contribution in [0.2, 0.25) is 0 Å². The van der Waals surface area contributed by atoms with Crippen molar-refractivity contribution in [3.05, 3.63) is 0 Å². The predicted octanol–water partition coefficient (Wildman–Crippen LogP) is 1.92. The van der Waals surface area contributed by atoms with Crippen molar-refractivity contribution >= 4 is 5.91 Å². The van der Waals surface area contributed by atoms with Crippen LogP contribution in [0.25, 0.3) is 0 Å². The van der Waals surface area contributed by atoms with Crippen molar-refractivity contribution in [2.24, 2.45) is 5.92 Å². The average Bonchev–Trinajstić information content (AvgIpc) is 3.09. The van der Waals surface area contributed by atoms with E-state index in [0.29, 0.717) is 11.9 Å². The first-order valence-corrected chi connectivity index (χ1v) is 7.40. The zero-order chi connectivity index (χ0) is 11.7. The molecule has 1 N–H and O–H groups in total. The first kappa shape index (κ1) is 11.5. The Balaban J connectivity index is 1.65. The van der Waals surface area contributed by atoms with E-state index in [0.717, 1.165) is 25.4 Å². The van der Waals surface area contributed by atoms with Crippen LogP contribution in [0.15, 0.2) is 0 Å². The Morgan fingerprint density at radius 1 is 1.00 bits per heavy atom. The molecule has 1 amide bonds. The number of nitrogens with zero attached hydrogens (tertiary/aromatic N) is 1. The molecule has 3 fully saturated rings. The van der Waals surface area contributed by atoms with E-state index in [4.69, 9.17) is 0 Å². The second-order valence-electron chi connectivity index (χ2n) is 5.93. The fraction of sp³-hybridized carbons (Fsp3) is 0.929. The molecule has 2 unspecified atom stereocenters. The molecule has 1 aliphatic carbocycles. The van der Waals surface area contributed by atoms with Crippen LogP contribution < -0.4 is 5.32 Å². The summed E-state index contributed by atoms with van der Waals surface area (Å²) in [6.45, 7) is 2.04. The smallest absolute Gasteiger partial charge is 0.239 e. The van der Waals surface area contributed by atoms with Gasteiger partial charge in [0, 0.05) is 12.6 Å². The number of hydrogen-bond donors (Lipinski definition) is 1. The molecule has 3 nitrogen and oxygen atoms in total. The highest BCUT2D eigenvalue weighted by atomic mass is 16.2. The summed E-state index contributed by atoms with van der Waals surface area (Å²) in [6, 6.07) is 0.712. The Hall–Kier alpha value is -0.570. The SMILES string of the molecule is O=C(C1CCCN1)N1CCCC1C1CCCC1. The molecule has 0 aromatic heterocycles. The Labute approximate surface area is 104 Å². The molecule has 3 rings (SSSR count). The van der Waals surface area contributed by atoms with E-state index in [1.165, 1.54) is 44.9 Å². The van der Waals surface area contributed by atoms with Crippen LogP contribution in [-0.2, 0) is 4.79 Å². The van der Waals surface area contributed by atoms with Gasteiger partial charge in [-0.25, -0.2) is 0 Å². The number of nitrogens with one attached hydrogen (secondary N) is 1. The van der Waals surface area contributed by atoms with Crippen LogP contribution in [-0.4, -0.2) is 36.0 Å². The van der Waals surface area contributed by atoms with Crippen molar-refractivity contribution in [1.29, 1.82) is 0 Å². The van der Waals surface area contributed by atoms with Crippen molar-refractivity contribution in [2.45, 2.75) is 63.5 Å². The molecule has 0 aromatic rings. The first-order chi connectivity index (χ1) is 8.36. The molecule has 0 spiro atoms. The third-order valence-corrected chi connectivity index (χ3v) is 4.88. The quantitative estimate of drug-likeness (QED) is 0.794. The van der Waals surface area contributed by atoms with Gasteiger partial charge in [0.2, 0.25) is 5.91 Å². The van der Waals surface area contributed by atoms with Crippen molar-refractivity contribution in [2.75, 3.05) is 13.1 Å². The highest BCUT2D eigenvalue weighted by Gasteiger charge is 2.38. The van der Waals surface area contributed by atoms with Crippen molar-refractivity contribution in [3.63, 3.8) is 0 Å². The summed E-state index contributed by atoms with van der Waals surface area (Å²) in [5.74, 6) is 1.21. The maximum absolute atomic E-state index is 12.5. The lowest BCUT2D eigenvalue weighted by atomic mass is 9.95. The lowest BCUT2D eigenvalue weighted by molar-refractivity contribution is -0.134. The fourth-order valence-corrected chi connectivity index (χ4v) is 3.99. The Morgan fingerprint density at radius 3 is 2.53 bits per heavy atom. The summed E-state index contributed by atoms with van der Waals surface area (Å²) < 4.78 is 0. The zero-order valence-electron chi connectivity index (χ0n) is 10.7. The Morgan fingerprint density at radius 2 is 1.82 bits per heavy atom. The molecular formula is C14H24N2O. The topological polar surface area (TPSA) is 32.3 Å². The van der Waals surface area contributed by atoms with E-state index in [1.54, 1.807) is 0 Å². The van der Waals surface area contributed by atoms with Gasteiger partial charge in [-0.1, -0.05) is 12.8 Å². The lowest BCUT2D eigenvalue weighted by Gasteiger charge is -2.31. The molecule has 2 saturated heterocycles. The Kier molecular flexibility index (Phi) is 3.37. The summed E-state index contributed by atoms with van der Waals surface area (Å²) in [5.41, 5.74) is 0. The van der Waals surface area contributed by atoms with Gasteiger partial charge < -0.3 is 10.2 Å². The van der Waals surface area contributed by atoms with Crippen LogP contribution in [0.4, 0.5) is 0 Å². The van der Waals surface area contributed by atoms with Gasteiger partial charge in [-0.3, -0.25) is 4.79 Å². The number of carbonyl (C=O) groups excluding carboxylic acids is 1. The monoisotopic (exact) mass is 236 g/mol. The highest BCUT2D eigenvalue weighted by Crippen LogP contribution is 2.35. The largest absolute Gasteiger partial charge is 0.338 e. The molecule has 96 valence electrons. The maximum Gasteiger partial charge on any atom is 0.239 e. The average molecular weight is 236 g/mol. The van der Waals surface area contributed by atoms with E-state index in [-0.39, 0.29) is 6.04 Å². The second kappa shape index (κ2) is 4.97. The number of rotatable bonds is 2. The molecule has 17 heavy (non-hydrogen) atoms. The molecule has 0 bridgehead atoms. The molecule has 2 heterocycles. The molecule has 0 radical (unpaired) electrons. The second-order valence-corrected chi connectivity index (χ2v) is 5.93. The van der Waals surface area contributed by atoms with Gasteiger partial charge in [0.15, 0.2) is 0 Å². The Bertz CT molecular complexity index is 280. The summed E-state index contributed by atoms with van der Waals surface area (Å²) in [6.07, 6.45) is 10.2. The van der Waals surface area contributed by atoms with Crippen LogP contribution in [0.1, 0.15) is 51.4 Å².